The van der Waals surface area contributed by atoms with Crippen LogP contribution in [0.15, 0.2) is 12.4 Å². The Morgan fingerprint density at radius 1 is 1.54 bits per heavy atom. The van der Waals surface area contributed by atoms with Crippen molar-refractivity contribution in [2.45, 2.75) is 45.6 Å². The van der Waals surface area contributed by atoms with Crippen molar-refractivity contribution in [2.75, 3.05) is 0 Å². The van der Waals surface area contributed by atoms with Crippen LogP contribution in [0.2, 0.25) is 0 Å². The van der Waals surface area contributed by atoms with Crippen LogP contribution in [0, 0.1) is 4.77 Å². The van der Waals surface area contributed by atoms with Crippen molar-refractivity contribution in [2.24, 2.45) is 0 Å². The summed E-state index contributed by atoms with van der Waals surface area (Å²) in [6, 6.07) is 0.533. The van der Waals surface area contributed by atoms with E-state index in [2.05, 4.69) is 23.4 Å². The number of hydrogen-bond acceptors (Lipinski definition) is 1. The van der Waals surface area contributed by atoms with Gasteiger partial charge in [0.15, 0.2) is 4.77 Å². The normalized spacial score (nSPS) is 13.1. The molecule has 1 heterocycles. The number of H-pyrrole nitrogens is 1. The van der Waals surface area contributed by atoms with E-state index in [1.165, 1.54) is 25.7 Å². The lowest BCUT2D eigenvalue weighted by Crippen LogP contribution is -2.03. The Morgan fingerprint density at radius 3 is 2.85 bits per heavy atom. The van der Waals surface area contributed by atoms with Gasteiger partial charge in [0.25, 0.3) is 0 Å². The molecule has 0 aliphatic carbocycles. The number of unbranched alkanes of at least 4 members (excludes halogenated alkanes) is 2. The van der Waals surface area contributed by atoms with Gasteiger partial charge < -0.3 is 9.55 Å². The molecular weight excluding hydrogens is 180 g/mol. The minimum atomic E-state index is 0.533. The number of rotatable bonds is 5. The molecule has 2 nitrogen and oxygen atoms in total. The molecule has 0 aromatic carbocycles. The second kappa shape index (κ2) is 5.22. The Morgan fingerprint density at radius 2 is 2.31 bits per heavy atom. The van der Waals surface area contributed by atoms with Crippen LogP contribution in [0.4, 0.5) is 0 Å². The molecule has 1 atom stereocenters. The molecule has 0 fully saturated rings. The van der Waals surface area contributed by atoms with Crippen molar-refractivity contribution >= 4 is 12.2 Å². The molecule has 0 unspecified atom stereocenters. The lowest BCUT2D eigenvalue weighted by molar-refractivity contribution is 0.473. The molecule has 74 valence electrons. The third kappa shape index (κ3) is 2.99. The second-order valence-electron chi connectivity index (χ2n) is 3.52. The Bertz CT molecular complexity index is 287. The van der Waals surface area contributed by atoms with Crippen LogP contribution in [0.25, 0.3) is 0 Å². The minimum Gasteiger partial charge on any atom is -0.337 e. The summed E-state index contributed by atoms with van der Waals surface area (Å²) in [6.07, 6.45) is 9.05. The maximum absolute atomic E-state index is 5.15. The zero-order valence-electron chi connectivity index (χ0n) is 8.42. The predicted molar refractivity (Wildman–Crippen MR) is 58.5 cm³/mol. The topological polar surface area (TPSA) is 20.7 Å². The van der Waals surface area contributed by atoms with Crippen molar-refractivity contribution in [1.29, 1.82) is 0 Å². The first-order valence-electron chi connectivity index (χ1n) is 5.01. The average Bonchev–Trinajstić information content (AvgIpc) is 2.52. The Balaban J connectivity index is 2.44. The fraction of sp³-hybridized carbons (Fsp3) is 0.700. The molecule has 1 aromatic rings. The number of imidazole rings is 1. The summed E-state index contributed by atoms with van der Waals surface area (Å²) in [7, 11) is 0. The first-order valence-corrected chi connectivity index (χ1v) is 5.42. The Kier molecular flexibility index (Phi) is 4.22. The van der Waals surface area contributed by atoms with E-state index in [0.717, 1.165) is 4.77 Å². The van der Waals surface area contributed by atoms with Gasteiger partial charge in [0.05, 0.1) is 0 Å². The van der Waals surface area contributed by atoms with Crippen LogP contribution in [-0.4, -0.2) is 9.55 Å². The lowest BCUT2D eigenvalue weighted by Gasteiger charge is -2.12. The zero-order chi connectivity index (χ0) is 9.68. The molecule has 13 heavy (non-hydrogen) atoms. The van der Waals surface area contributed by atoms with E-state index in [1.54, 1.807) is 0 Å². The predicted octanol–water partition coefficient (Wildman–Crippen LogP) is 3.69. The number of aromatic amines is 1. The molecule has 3 heteroatoms. The van der Waals surface area contributed by atoms with Gasteiger partial charge in [-0.3, -0.25) is 0 Å². The zero-order valence-corrected chi connectivity index (χ0v) is 9.23. The third-order valence-electron chi connectivity index (χ3n) is 2.38. The van der Waals surface area contributed by atoms with E-state index < -0.39 is 0 Å². The van der Waals surface area contributed by atoms with Crippen molar-refractivity contribution in [3.8, 4) is 0 Å². The van der Waals surface area contributed by atoms with Gasteiger partial charge >= 0.3 is 0 Å². The molecule has 0 saturated heterocycles. The van der Waals surface area contributed by atoms with Crippen molar-refractivity contribution < 1.29 is 0 Å². The summed E-state index contributed by atoms with van der Waals surface area (Å²) in [6.45, 7) is 4.45. The fourth-order valence-electron chi connectivity index (χ4n) is 1.51. The van der Waals surface area contributed by atoms with Crippen molar-refractivity contribution in [1.82, 2.24) is 9.55 Å². The molecule has 0 amide bonds. The monoisotopic (exact) mass is 198 g/mol. The molecule has 0 saturated carbocycles. The first kappa shape index (κ1) is 10.5. The lowest BCUT2D eigenvalue weighted by atomic mass is 10.1. The summed E-state index contributed by atoms with van der Waals surface area (Å²) in [5, 5.41) is 0. The minimum absolute atomic E-state index is 0.533. The quantitative estimate of drug-likeness (QED) is 0.565. The number of aromatic nitrogens is 2. The SMILES string of the molecule is CCCCC[C@@H](C)n1cc[nH]c1=S. The first-order chi connectivity index (χ1) is 6.25. The van der Waals surface area contributed by atoms with Crippen molar-refractivity contribution in [3.63, 3.8) is 0 Å². The Hall–Kier alpha value is -0.570. The summed E-state index contributed by atoms with van der Waals surface area (Å²) in [5.74, 6) is 0. The standard InChI is InChI=1S/C10H18N2S/c1-3-4-5-6-9(2)12-8-7-11-10(12)13/h7-9H,3-6H2,1-2H3,(H,11,13)/t9-/m1/s1. The van der Waals surface area contributed by atoms with E-state index in [9.17, 15) is 0 Å². The molecule has 1 aromatic heterocycles. The van der Waals surface area contributed by atoms with Crippen LogP contribution in [-0.2, 0) is 0 Å². The van der Waals surface area contributed by atoms with Gasteiger partial charge in [-0.15, -0.1) is 0 Å². The molecule has 1 rings (SSSR count). The van der Waals surface area contributed by atoms with Gasteiger partial charge in [-0.2, -0.15) is 0 Å². The summed E-state index contributed by atoms with van der Waals surface area (Å²) >= 11 is 5.15. The van der Waals surface area contributed by atoms with E-state index in [0.29, 0.717) is 6.04 Å². The van der Waals surface area contributed by atoms with Crippen LogP contribution in [0.5, 0.6) is 0 Å². The summed E-state index contributed by atoms with van der Waals surface area (Å²) in [4.78, 5) is 3.02. The highest BCUT2D eigenvalue weighted by molar-refractivity contribution is 7.71. The summed E-state index contributed by atoms with van der Waals surface area (Å²) in [5.41, 5.74) is 0. The highest BCUT2D eigenvalue weighted by Crippen LogP contribution is 2.14. The smallest absolute Gasteiger partial charge is 0.177 e. The van der Waals surface area contributed by atoms with Crippen molar-refractivity contribution in [3.05, 3.63) is 17.2 Å². The van der Waals surface area contributed by atoms with Crippen LogP contribution in [0.1, 0.15) is 45.6 Å². The van der Waals surface area contributed by atoms with Gasteiger partial charge in [0, 0.05) is 18.4 Å². The maximum Gasteiger partial charge on any atom is 0.177 e. The summed E-state index contributed by atoms with van der Waals surface area (Å²) < 4.78 is 2.97. The van der Waals surface area contributed by atoms with Gasteiger partial charge in [-0.1, -0.05) is 26.2 Å². The van der Waals surface area contributed by atoms with Gasteiger partial charge in [0.2, 0.25) is 0 Å². The number of hydrogen-bond donors (Lipinski definition) is 1. The molecular formula is C10H18N2S. The highest BCUT2D eigenvalue weighted by atomic mass is 32.1. The van der Waals surface area contributed by atoms with Gasteiger partial charge in [0.1, 0.15) is 0 Å². The second-order valence-corrected chi connectivity index (χ2v) is 3.90. The number of nitrogens with one attached hydrogen (secondary N) is 1. The molecule has 0 radical (unpaired) electrons. The largest absolute Gasteiger partial charge is 0.337 e. The average molecular weight is 198 g/mol. The fourth-order valence-corrected chi connectivity index (χ4v) is 1.82. The van der Waals surface area contributed by atoms with Crippen LogP contribution in [0.3, 0.4) is 0 Å². The number of nitrogens with zero attached hydrogens (tertiary/aromatic N) is 1. The van der Waals surface area contributed by atoms with E-state index >= 15 is 0 Å². The molecule has 1 N–H and O–H groups in total. The van der Waals surface area contributed by atoms with E-state index in [-0.39, 0.29) is 0 Å². The molecule has 0 aliphatic heterocycles. The van der Waals surface area contributed by atoms with E-state index in [4.69, 9.17) is 12.2 Å². The van der Waals surface area contributed by atoms with Gasteiger partial charge in [-0.25, -0.2) is 0 Å². The van der Waals surface area contributed by atoms with E-state index in [1.807, 2.05) is 12.4 Å². The molecule has 0 aliphatic rings. The maximum atomic E-state index is 5.15. The third-order valence-corrected chi connectivity index (χ3v) is 2.71. The van der Waals surface area contributed by atoms with Crippen LogP contribution < -0.4 is 0 Å². The van der Waals surface area contributed by atoms with Gasteiger partial charge in [-0.05, 0) is 25.6 Å². The van der Waals surface area contributed by atoms with Crippen LogP contribution >= 0.6 is 12.2 Å². The molecule has 0 spiro atoms. The molecule has 0 bridgehead atoms. The Labute approximate surface area is 85.0 Å². The highest BCUT2D eigenvalue weighted by Gasteiger charge is 2.03.